The number of rotatable bonds is 8. The number of furan rings is 2. The quantitative estimate of drug-likeness (QED) is 0.148. The molecule has 0 aliphatic heterocycles. The molecule has 21 aromatic rings. The number of aromatic nitrogens is 8. The van der Waals surface area contributed by atoms with Gasteiger partial charge >= 0.3 is 0 Å². The lowest BCUT2D eigenvalue weighted by atomic mass is 9.92. The molecule has 0 spiro atoms. The van der Waals surface area contributed by atoms with Crippen LogP contribution in [-0.4, -0.2) is 39.0 Å². The highest BCUT2D eigenvalue weighted by atomic mass is 16.3. The van der Waals surface area contributed by atoms with Crippen molar-refractivity contribution in [3.05, 3.63) is 279 Å². The molecule has 94 heavy (non-hydrogen) atoms. The van der Waals surface area contributed by atoms with Gasteiger partial charge in [0.1, 0.15) is 22.3 Å². The van der Waals surface area contributed by atoms with Gasteiger partial charge in [-0.25, -0.2) is 19.9 Å². The first-order valence-electron chi connectivity index (χ1n) is 31.6. The Bertz CT molecular complexity index is 6580. The maximum Gasteiger partial charge on any atom is 0.238 e. The van der Waals surface area contributed by atoms with Crippen molar-refractivity contribution in [3.63, 3.8) is 0 Å². The van der Waals surface area contributed by atoms with Crippen LogP contribution >= 0.6 is 0 Å². The third-order valence-electron chi connectivity index (χ3n) is 19.3. The second-order valence-corrected chi connectivity index (χ2v) is 24.4. The molecule has 0 radical (unpaired) electrons. The minimum atomic E-state index is 0.542. The summed E-state index contributed by atoms with van der Waals surface area (Å²) >= 11 is 0. The van der Waals surface area contributed by atoms with Crippen molar-refractivity contribution in [2.24, 2.45) is 0 Å². The number of hydrogen-bond acceptors (Lipinski definition) is 8. The molecule has 15 aromatic carbocycles. The van der Waals surface area contributed by atoms with E-state index in [1.807, 2.05) is 97.1 Å². The maximum atomic E-state index is 7.12. The van der Waals surface area contributed by atoms with Gasteiger partial charge in [0.05, 0.1) is 22.1 Å². The van der Waals surface area contributed by atoms with E-state index in [2.05, 4.69) is 191 Å². The Labute approximate surface area is 534 Å². The fourth-order valence-corrected chi connectivity index (χ4v) is 15.3. The van der Waals surface area contributed by atoms with Crippen LogP contribution in [0.2, 0.25) is 0 Å². The van der Waals surface area contributed by atoms with E-state index in [-0.39, 0.29) is 0 Å². The highest BCUT2D eigenvalue weighted by Gasteiger charge is 2.28. The van der Waals surface area contributed by atoms with Gasteiger partial charge in [0, 0.05) is 76.6 Å². The number of fused-ring (bicyclic) bond motifs is 6. The van der Waals surface area contributed by atoms with Crippen LogP contribution in [0.4, 0.5) is 0 Å². The predicted octanol–water partition coefficient (Wildman–Crippen LogP) is 21.5. The molecular weight excluding hydrogens is 1150 g/mol. The van der Waals surface area contributed by atoms with Gasteiger partial charge in [-0.3, -0.25) is 4.57 Å². The Morgan fingerprint density at radius 1 is 0.202 bits per heavy atom. The lowest BCUT2D eigenvalue weighted by Gasteiger charge is -2.11. The fourth-order valence-electron chi connectivity index (χ4n) is 15.3. The second kappa shape index (κ2) is 19.3. The Balaban J connectivity index is 0.755. The van der Waals surface area contributed by atoms with Crippen LogP contribution in [0.3, 0.4) is 0 Å². The fraction of sp³-hybridized carbons (Fsp3) is 0. The van der Waals surface area contributed by atoms with E-state index >= 15 is 0 Å². The average molecular weight is 1200 g/mol. The van der Waals surface area contributed by atoms with Crippen LogP contribution in [0, 0.1) is 0 Å². The molecule has 6 heterocycles. The summed E-state index contributed by atoms with van der Waals surface area (Å²) in [6, 6.07) is 98.1. The van der Waals surface area contributed by atoms with Crippen LogP contribution < -0.4 is 0 Å². The van der Waals surface area contributed by atoms with E-state index < -0.39 is 0 Å². The van der Waals surface area contributed by atoms with Gasteiger partial charge in [0.25, 0.3) is 0 Å². The first kappa shape index (κ1) is 50.9. The number of hydrogen-bond donors (Lipinski definition) is 0. The summed E-state index contributed by atoms with van der Waals surface area (Å²) in [6.07, 6.45) is 0. The van der Waals surface area contributed by atoms with E-state index in [4.69, 9.17) is 38.7 Å². The highest BCUT2D eigenvalue weighted by Crippen LogP contribution is 2.51. The smallest absolute Gasteiger partial charge is 0.238 e. The van der Waals surface area contributed by atoms with Crippen LogP contribution in [0.15, 0.2) is 288 Å². The van der Waals surface area contributed by atoms with Crippen molar-refractivity contribution in [1.29, 1.82) is 0 Å². The summed E-state index contributed by atoms with van der Waals surface area (Å²) in [6.45, 7) is 0. The molecule has 0 unspecified atom stereocenters. The number of benzene rings is 13. The van der Waals surface area contributed by atoms with Gasteiger partial charge in [-0.15, -0.1) is 0 Å². The van der Waals surface area contributed by atoms with Gasteiger partial charge in [0.15, 0.2) is 29.1 Å². The summed E-state index contributed by atoms with van der Waals surface area (Å²) < 4.78 is 18.6. The third kappa shape index (κ3) is 7.29. The Hall–Kier alpha value is -12.9. The van der Waals surface area contributed by atoms with Gasteiger partial charge < -0.3 is 13.4 Å². The summed E-state index contributed by atoms with van der Waals surface area (Å²) in [4.78, 5) is 31.1. The van der Waals surface area contributed by atoms with Crippen LogP contribution in [0.1, 0.15) is 0 Å². The summed E-state index contributed by atoms with van der Waals surface area (Å²) in [5, 5.41) is 17.8. The van der Waals surface area contributed by atoms with Crippen molar-refractivity contribution in [2.45, 2.75) is 0 Å². The molecule has 0 aliphatic carbocycles. The van der Waals surface area contributed by atoms with Gasteiger partial charge in [-0.05, 0) is 127 Å². The molecule has 10 nitrogen and oxygen atoms in total. The SMILES string of the molecule is c1ccc(-c2nc(-c3ccccc3)nc(-c3ccc4c(c3)c3cccc5c3c3c6c(ccc3n5-c3ccc(-c5cc7oc8ccc9c%10c8c7c(c5)c5ccccc5c5cccc(c5%10)n9-c5nc(-c7ccccc7)nc(-c7ccccc7)n5)cc3)oc3cccc4c36)n2)cc1. The van der Waals surface area contributed by atoms with Crippen LogP contribution in [0.25, 0.3) is 210 Å². The largest absolute Gasteiger partial charge is 0.456 e. The molecule has 0 amide bonds. The first-order valence-corrected chi connectivity index (χ1v) is 31.6. The van der Waals surface area contributed by atoms with Crippen molar-refractivity contribution < 1.29 is 8.83 Å². The lowest BCUT2D eigenvalue weighted by Crippen LogP contribution is -2.06. The van der Waals surface area contributed by atoms with Gasteiger partial charge in [-0.2, -0.15) is 9.97 Å². The van der Waals surface area contributed by atoms with E-state index in [0.717, 1.165) is 175 Å². The summed E-state index contributed by atoms with van der Waals surface area (Å²) in [5.74, 6) is 3.58. The van der Waals surface area contributed by atoms with Crippen molar-refractivity contribution in [1.82, 2.24) is 39.0 Å². The number of nitrogens with zero attached hydrogens (tertiary/aromatic N) is 8. The minimum Gasteiger partial charge on any atom is -0.456 e. The van der Waals surface area contributed by atoms with E-state index in [9.17, 15) is 0 Å². The highest BCUT2D eigenvalue weighted by molar-refractivity contribution is 6.40. The second-order valence-electron chi connectivity index (χ2n) is 24.4. The van der Waals surface area contributed by atoms with Crippen LogP contribution in [-0.2, 0) is 0 Å². The normalized spacial score (nSPS) is 12.3. The molecule has 21 rings (SSSR count). The Kier molecular flexibility index (Phi) is 10.4. The van der Waals surface area contributed by atoms with Crippen molar-refractivity contribution in [2.75, 3.05) is 0 Å². The molecule has 0 saturated heterocycles. The zero-order chi connectivity index (χ0) is 61.3. The molecule has 0 atom stereocenters. The zero-order valence-corrected chi connectivity index (χ0v) is 50.0. The van der Waals surface area contributed by atoms with Crippen molar-refractivity contribution >= 4 is 131 Å². The first-order chi connectivity index (χ1) is 46.6. The molecule has 0 fully saturated rings. The molecule has 434 valence electrons. The molecule has 0 aliphatic rings. The average Bonchev–Trinajstić information content (AvgIpc) is 1.53. The molecule has 6 aromatic heterocycles. The molecular formula is C84H46N8O2. The molecule has 10 heteroatoms. The van der Waals surface area contributed by atoms with E-state index in [1.165, 1.54) is 0 Å². The predicted molar refractivity (Wildman–Crippen MR) is 381 cm³/mol. The molecule has 0 N–H and O–H groups in total. The van der Waals surface area contributed by atoms with Crippen molar-refractivity contribution in [3.8, 4) is 79.7 Å². The summed E-state index contributed by atoms with van der Waals surface area (Å²) in [5.41, 5.74) is 15.2. The Morgan fingerprint density at radius 2 is 0.596 bits per heavy atom. The molecule has 0 bridgehead atoms. The van der Waals surface area contributed by atoms with E-state index in [0.29, 0.717) is 35.1 Å². The topological polar surface area (TPSA) is 113 Å². The van der Waals surface area contributed by atoms with Gasteiger partial charge in [0.2, 0.25) is 5.95 Å². The monoisotopic (exact) mass is 1200 g/mol. The zero-order valence-electron chi connectivity index (χ0n) is 50.0. The maximum absolute atomic E-state index is 7.12. The Morgan fingerprint density at radius 3 is 1.17 bits per heavy atom. The lowest BCUT2D eigenvalue weighted by molar-refractivity contribution is 0.669. The van der Waals surface area contributed by atoms with Gasteiger partial charge in [-0.1, -0.05) is 206 Å². The van der Waals surface area contributed by atoms with Crippen LogP contribution in [0.5, 0.6) is 0 Å². The third-order valence-corrected chi connectivity index (χ3v) is 19.3. The molecule has 0 saturated carbocycles. The minimum absolute atomic E-state index is 0.542. The van der Waals surface area contributed by atoms with E-state index in [1.54, 1.807) is 0 Å². The summed E-state index contributed by atoms with van der Waals surface area (Å²) in [7, 11) is 0. The standard InChI is InChI=1S/C84H46N8O2/c1-5-18-48(19-6-1)79-85-80(49-20-7-2-8-21-49)87-83(86-79)52-36-39-57-59-30-17-33-67-73(59)77-68(93-67)42-40-65-75(77)72-60(61(57)44-52)29-16-31-63(72)91(65)54-37-34-47(35-38-54)53-45-62-56-27-14-13-26-55(56)58-28-15-32-64-71(58)76-66(41-43-69-78(76)74(62)70(46-53)94-69)92(64)84-89-81(50-22-9-3-10-23-50)88-82(90-84)51-24-11-4-12-25-51/h1-46H.